The Bertz CT molecular complexity index is 1560. The molecule has 0 saturated heterocycles. The van der Waals surface area contributed by atoms with Crippen molar-refractivity contribution in [3.05, 3.63) is 95.3 Å². The second-order valence-corrected chi connectivity index (χ2v) is 8.12. The number of fused-ring (bicyclic) bond motifs is 2. The molecule has 5 aromatic rings. The molecule has 170 valence electrons. The number of rotatable bonds is 3. The lowest BCUT2D eigenvalue weighted by Gasteiger charge is -2.13. The zero-order valence-electron chi connectivity index (χ0n) is 18.3. The molecule has 0 saturated carbocycles. The van der Waals surface area contributed by atoms with Crippen molar-refractivity contribution in [3.63, 3.8) is 0 Å². The lowest BCUT2D eigenvalue weighted by Crippen LogP contribution is -2.16. The Kier molecular flexibility index (Phi) is 5.08. The van der Waals surface area contributed by atoms with Gasteiger partial charge in [-0.25, -0.2) is 9.50 Å². The number of anilines is 1. The van der Waals surface area contributed by atoms with E-state index in [1.807, 2.05) is 56.3 Å². The van der Waals surface area contributed by atoms with Crippen molar-refractivity contribution in [3.8, 4) is 11.3 Å². The van der Waals surface area contributed by atoms with Crippen molar-refractivity contribution < 1.29 is 18.0 Å². The Balaban J connectivity index is 1.70. The maximum atomic E-state index is 14.0. The van der Waals surface area contributed by atoms with Gasteiger partial charge >= 0.3 is 6.18 Å². The van der Waals surface area contributed by atoms with Crippen LogP contribution in [0.1, 0.15) is 27.2 Å². The first-order valence-corrected chi connectivity index (χ1v) is 10.5. The zero-order valence-corrected chi connectivity index (χ0v) is 18.3. The molecule has 0 radical (unpaired) electrons. The van der Waals surface area contributed by atoms with E-state index in [1.165, 1.54) is 0 Å². The van der Waals surface area contributed by atoms with Crippen LogP contribution in [0, 0.1) is 13.8 Å². The van der Waals surface area contributed by atoms with Gasteiger partial charge < -0.3 is 5.32 Å². The molecule has 0 bridgehead atoms. The molecule has 2 heterocycles. The van der Waals surface area contributed by atoms with Crippen LogP contribution in [0.15, 0.2) is 72.9 Å². The van der Waals surface area contributed by atoms with E-state index in [0.29, 0.717) is 15.8 Å². The highest BCUT2D eigenvalue weighted by molar-refractivity contribution is 6.08. The van der Waals surface area contributed by atoms with E-state index in [9.17, 15) is 18.0 Å². The molecule has 0 aliphatic rings. The molecule has 0 unspecified atom stereocenters. The van der Waals surface area contributed by atoms with Gasteiger partial charge in [0.05, 0.1) is 11.9 Å². The average Bonchev–Trinajstić information content (AvgIpc) is 3.24. The van der Waals surface area contributed by atoms with Gasteiger partial charge in [-0.15, -0.1) is 0 Å². The topological polar surface area (TPSA) is 59.3 Å². The van der Waals surface area contributed by atoms with Crippen molar-refractivity contribution in [2.24, 2.45) is 0 Å². The van der Waals surface area contributed by atoms with E-state index >= 15 is 0 Å². The molecule has 0 aliphatic heterocycles. The first-order valence-electron chi connectivity index (χ1n) is 10.5. The second kappa shape index (κ2) is 7.98. The Labute approximate surface area is 192 Å². The van der Waals surface area contributed by atoms with Gasteiger partial charge in [0.15, 0.2) is 11.3 Å². The van der Waals surface area contributed by atoms with Gasteiger partial charge in [0, 0.05) is 11.3 Å². The largest absolute Gasteiger partial charge is 0.433 e. The Morgan fingerprint density at radius 1 is 0.971 bits per heavy atom. The molecule has 0 aliphatic carbocycles. The standard InChI is InChI=1S/C26H19F3N4O/c1-15-10-11-16(2)21(12-15)32-25(34)20-14-30-33-23(26(27,28)29)13-22(31-24(20)33)19-9-5-7-17-6-3-4-8-18(17)19/h3-14H,1-2H3,(H,32,34). The normalized spacial score (nSPS) is 11.8. The van der Waals surface area contributed by atoms with Crippen LogP contribution in [0.5, 0.6) is 0 Å². The van der Waals surface area contributed by atoms with Crippen molar-refractivity contribution >= 4 is 28.0 Å². The van der Waals surface area contributed by atoms with Crippen molar-refractivity contribution in [1.29, 1.82) is 0 Å². The molecular weight excluding hydrogens is 441 g/mol. The summed E-state index contributed by atoms with van der Waals surface area (Å²) in [6, 6.07) is 19.3. The quantitative estimate of drug-likeness (QED) is 0.337. The van der Waals surface area contributed by atoms with Gasteiger partial charge in [-0.3, -0.25) is 4.79 Å². The molecule has 0 fully saturated rings. The predicted octanol–water partition coefficient (Wildman–Crippen LogP) is 6.44. The number of nitrogens with one attached hydrogen (secondary N) is 1. The number of hydrogen-bond donors (Lipinski definition) is 1. The molecule has 5 nitrogen and oxygen atoms in total. The number of benzene rings is 3. The summed E-state index contributed by atoms with van der Waals surface area (Å²) in [4.78, 5) is 17.6. The molecule has 1 amide bonds. The minimum atomic E-state index is -4.70. The van der Waals surface area contributed by atoms with Crippen LogP contribution in [0.2, 0.25) is 0 Å². The second-order valence-electron chi connectivity index (χ2n) is 8.12. The van der Waals surface area contributed by atoms with E-state index in [0.717, 1.165) is 34.2 Å². The molecule has 5 rings (SSSR count). The lowest BCUT2D eigenvalue weighted by atomic mass is 10.0. The van der Waals surface area contributed by atoms with Crippen LogP contribution in [0.3, 0.4) is 0 Å². The van der Waals surface area contributed by atoms with E-state index in [1.54, 1.807) is 18.2 Å². The van der Waals surface area contributed by atoms with Crippen molar-refractivity contribution in [2.45, 2.75) is 20.0 Å². The smallest absolute Gasteiger partial charge is 0.322 e. The number of alkyl halides is 3. The lowest BCUT2D eigenvalue weighted by molar-refractivity contribution is -0.142. The summed E-state index contributed by atoms with van der Waals surface area (Å²) in [5, 5.41) is 8.27. The van der Waals surface area contributed by atoms with Gasteiger partial charge in [0.1, 0.15) is 5.56 Å². The van der Waals surface area contributed by atoms with Crippen LogP contribution in [-0.2, 0) is 6.18 Å². The zero-order chi connectivity index (χ0) is 24.0. The molecule has 0 atom stereocenters. The van der Waals surface area contributed by atoms with Gasteiger partial charge in [-0.05, 0) is 47.9 Å². The summed E-state index contributed by atoms with van der Waals surface area (Å²) in [5.41, 5.74) is 1.77. The fourth-order valence-corrected chi connectivity index (χ4v) is 3.97. The molecule has 34 heavy (non-hydrogen) atoms. The Morgan fingerprint density at radius 2 is 1.74 bits per heavy atom. The summed E-state index contributed by atoms with van der Waals surface area (Å²) in [6.07, 6.45) is -3.58. The average molecular weight is 460 g/mol. The Hall–Kier alpha value is -4.20. The van der Waals surface area contributed by atoms with Crippen LogP contribution in [-0.4, -0.2) is 20.5 Å². The van der Waals surface area contributed by atoms with E-state index in [4.69, 9.17) is 0 Å². The van der Waals surface area contributed by atoms with Crippen LogP contribution >= 0.6 is 0 Å². The molecule has 2 aromatic heterocycles. The monoisotopic (exact) mass is 460 g/mol. The number of carbonyl (C=O) groups excluding carboxylic acids is 1. The van der Waals surface area contributed by atoms with Crippen molar-refractivity contribution in [1.82, 2.24) is 14.6 Å². The highest BCUT2D eigenvalue weighted by Gasteiger charge is 2.36. The summed E-state index contributed by atoms with van der Waals surface area (Å²) in [5.74, 6) is -0.584. The SMILES string of the molecule is Cc1ccc(C)c(NC(=O)c2cnn3c(C(F)(F)F)cc(-c4cccc5ccccc45)nc23)c1. The minimum absolute atomic E-state index is 0.0477. The summed E-state index contributed by atoms with van der Waals surface area (Å²) in [7, 11) is 0. The number of carbonyl (C=O) groups is 1. The fraction of sp³-hybridized carbons (Fsp3) is 0.115. The molecule has 3 aromatic carbocycles. The third kappa shape index (κ3) is 3.77. The number of aryl methyl sites for hydroxylation is 2. The Morgan fingerprint density at radius 3 is 2.53 bits per heavy atom. The molecule has 0 spiro atoms. The van der Waals surface area contributed by atoms with E-state index < -0.39 is 17.8 Å². The number of aromatic nitrogens is 3. The van der Waals surface area contributed by atoms with Gasteiger partial charge in [0.2, 0.25) is 0 Å². The first-order chi connectivity index (χ1) is 16.2. The number of amides is 1. The third-order valence-electron chi connectivity index (χ3n) is 5.71. The molecule has 1 N–H and O–H groups in total. The number of hydrogen-bond acceptors (Lipinski definition) is 3. The van der Waals surface area contributed by atoms with Gasteiger partial charge in [-0.1, -0.05) is 54.6 Å². The number of nitrogens with zero attached hydrogens (tertiary/aromatic N) is 3. The maximum Gasteiger partial charge on any atom is 0.433 e. The predicted molar refractivity (Wildman–Crippen MR) is 125 cm³/mol. The highest BCUT2D eigenvalue weighted by atomic mass is 19.4. The molecular formula is C26H19F3N4O. The van der Waals surface area contributed by atoms with Gasteiger partial charge in [0.25, 0.3) is 5.91 Å². The van der Waals surface area contributed by atoms with Crippen LogP contribution in [0.25, 0.3) is 27.7 Å². The summed E-state index contributed by atoms with van der Waals surface area (Å²) >= 11 is 0. The maximum absolute atomic E-state index is 14.0. The van der Waals surface area contributed by atoms with Crippen molar-refractivity contribution in [2.75, 3.05) is 5.32 Å². The van der Waals surface area contributed by atoms with E-state index in [-0.39, 0.29) is 16.9 Å². The fourth-order valence-electron chi connectivity index (χ4n) is 3.97. The first kappa shape index (κ1) is 21.6. The summed E-state index contributed by atoms with van der Waals surface area (Å²) in [6.45, 7) is 3.72. The molecule has 8 heteroatoms. The third-order valence-corrected chi connectivity index (χ3v) is 5.71. The van der Waals surface area contributed by atoms with E-state index in [2.05, 4.69) is 15.4 Å². The summed E-state index contributed by atoms with van der Waals surface area (Å²) < 4.78 is 42.7. The highest BCUT2D eigenvalue weighted by Crippen LogP contribution is 2.35. The minimum Gasteiger partial charge on any atom is -0.322 e. The van der Waals surface area contributed by atoms with Gasteiger partial charge in [-0.2, -0.15) is 18.3 Å². The number of halogens is 3. The van der Waals surface area contributed by atoms with Crippen LogP contribution < -0.4 is 5.32 Å². The van der Waals surface area contributed by atoms with Crippen LogP contribution in [0.4, 0.5) is 18.9 Å².